The van der Waals surface area contributed by atoms with Gasteiger partial charge in [-0.3, -0.25) is 9.59 Å². The van der Waals surface area contributed by atoms with E-state index in [-0.39, 0.29) is 11.8 Å². The van der Waals surface area contributed by atoms with E-state index in [0.29, 0.717) is 24.7 Å². The van der Waals surface area contributed by atoms with Gasteiger partial charge in [0.15, 0.2) is 0 Å². The molecule has 0 aromatic heterocycles. The fraction of sp³-hybridized carbons (Fsp3) is 0.846. The Labute approximate surface area is 109 Å². The van der Waals surface area contributed by atoms with Crippen LogP contribution in [0.4, 0.5) is 0 Å². The molecule has 104 valence electrons. The van der Waals surface area contributed by atoms with E-state index in [9.17, 15) is 14.7 Å². The molecule has 0 aromatic rings. The number of amides is 2. The Balaban J connectivity index is 2.82. The quantitative estimate of drug-likeness (QED) is 0.761. The fourth-order valence-electron chi connectivity index (χ4n) is 2.31. The van der Waals surface area contributed by atoms with Crippen LogP contribution in [0.1, 0.15) is 40.5 Å². The SMILES string of the molecule is CC(C)C[C@@H]1NC(=O)[C@@H](CC(C)C)N(CO)C1=O. The molecule has 18 heavy (non-hydrogen) atoms. The van der Waals surface area contributed by atoms with Crippen molar-refractivity contribution in [1.29, 1.82) is 0 Å². The normalized spacial score (nSPS) is 24.9. The van der Waals surface area contributed by atoms with Gasteiger partial charge in [0.1, 0.15) is 18.8 Å². The molecular weight excluding hydrogens is 232 g/mol. The summed E-state index contributed by atoms with van der Waals surface area (Å²) in [6.07, 6.45) is 1.18. The van der Waals surface area contributed by atoms with Gasteiger partial charge >= 0.3 is 0 Å². The Kier molecular flexibility index (Phi) is 5.14. The molecule has 1 aliphatic heterocycles. The van der Waals surface area contributed by atoms with Crippen LogP contribution in [0.5, 0.6) is 0 Å². The molecule has 2 atom stereocenters. The molecule has 1 aliphatic rings. The van der Waals surface area contributed by atoms with E-state index in [1.54, 1.807) is 0 Å². The van der Waals surface area contributed by atoms with Crippen molar-refractivity contribution in [3.8, 4) is 0 Å². The Bertz CT molecular complexity index is 315. The first-order chi connectivity index (χ1) is 8.36. The summed E-state index contributed by atoms with van der Waals surface area (Å²) >= 11 is 0. The number of aliphatic hydroxyl groups excluding tert-OH is 1. The van der Waals surface area contributed by atoms with E-state index in [1.807, 2.05) is 27.7 Å². The van der Waals surface area contributed by atoms with Crippen LogP contribution >= 0.6 is 0 Å². The molecule has 0 aromatic carbocycles. The van der Waals surface area contributed by atoms with E-state index < -0.39 is 18.8 Å². The van der Waals surface area contributed by atoms with Gasteiger partial charge in [0, 0.05) is 0 Å². The smallest absolute Gasteiger partial charge is 0.247 e. The highest BCUT2D eigenvalue weighted by Crippen LogP contribution is 2.19. The topological polar surface area (TPSA) is 69.6 Å². The van der Waals surface area contributed by atoms with E-state index >= 15 is 0 Å². The highest BCUT2D eigenvalue weighted by atomic mass is 16.3. The second-order valence-corrected chi connectivity index (χ2v) is 5.79. The molecule has 1 fully saturated rings. The molecule has 0 radical (unpaired) electrons. The highest BCUT2D eigenvalue weighted by Gasteiger charge is 2.40. The Hall–Kier alpha value is -1.10. The average molecular weight is 256 g/mol. The Morgan fingerprint density at radius 2 is 1.72 bits per heavy atom. The molecule has 2 N–H and O–H groups in total. The minimum atomic E-state index is -0.536. The van der Waals surface area contributed by atoms with Gasteiger partial charge in [-0.15, -0.1) is 0 Å². The molecule has 0 aliphatic carbocycles. The predicted octanol–water partition coefficient (Wildman–Crippen LogP) is 0.724. The minimum Gasteiger partial charge on any atom is -0.376 e. The minimum absolute atomic E-state index is 0.150. The first kappa shape index (κ1) is 15.0. The second-order valence-electron chi connectivity index (χ2n) is 5.79. The average Bonchev–Trinajstić information content (AvgIpc) is 2.24. The molecule has 5 nitrogen and oxygen atoms in total. The van der Waals surface area contributed by atoms with E-state index in [4.69, 9.17) is 0 Å². The summed E-state index contributed by atoms with van der Waals surface area (Å²) in [7, 11) is 0. The molecule has 5 heteroatoms. The van der Waals surface area contributed by atoms with E-state index in [2.05, 4.69) is 5.32 Å². The van der Waals surface area contributed by atoms with Crippen molar-refractivity contribution in [1.82, 2.24) is 10.2 Å². The molecule has 0 bridgehead atoms. The molecule has 2 amide bonds. The van der Waals surface area contributed by atoms with Crippen molar-refractivity contribution in [2.75, 3.05) is 6.73 Å². The van der Waals surface area contributed by atoms with Gasteiger partial charge in [-0.05, 0) is 24.7 Å². The van der Waals surface area contributed by atoms with Crippen LogP contribution in [-0.4, -0.2) is 40.6 Å². The summed E-state index contributed by atoms with van der Waals surface area (Å²) < 4.78 is 0. The zero-order valence-corrected chi connectivity index (χ0v) is 11.6. The summed E-state index contributed by atoms with van der Waals surface area (Å²) in [6.45, 7) is 7.60. The largest absolute Gasteiger partial charge is 0.376 e. The summed E-state index contributed by atoms with van der Waals surface area (Å²) in [5, 5.41) is 12.1. The van der Waals surface area contributed by atoms with Gasteiger partial charge < -0.3 is 15.3 Å². The maximum Gasteiger partial charge on any atom is 0.247 e. The van der Waals surface area contributed by atoms with Crippen molar-refractivity contribution in [2.45, 2.75) is 52.6 Å². The van der Waals surface area contributed by atoms with Crippen molar-refractivity contribution in [2.24, 2.45) is 11.8 Å². The van der Waals surface area contributed by atoms with E-state index in [1.165, 1.54) is 4.90 Å². The van der Waals surface area contributed by atoms with Crippen molar-refractivity contribution in [3.05, 3.63) is 0 Å². The standard InChI is InChI=1S/C13H24N2O3/c1-8(2)5-10-13(18)15(7-16)11(6-9(3)4)12(17)14-10/h8-11,16H,5-7H2,1-4H3,(H,14,17)/t10-,11+/m0/s1. The third-order valence-corrected chi connectivity index (χ3v) is 3.13. The predicted molar refractivity (Wildman–Crippen MR) is 68.6 cm³/mol. The molecule has 1 saturated heterocycles. The number of aliphatic hydroxyl groups is 1. The van der Waals surface area contributed by atoms with Gasteiger partial charge in [-0.25, -0.2) is 0 Å². The van der Waals surface area contributed by atoms with Crippen LogP contribution in [0.25, 0.3) is 0 Å². The lowest BCUT2D eigenvalue weighted by molar-refractivity contribution is -0.154. The van der Waals surface area contributed by atoms with Crippen LogP contribution in [-0.2, 0) is 9.59 Å². The fourth-order valence-corrected chi connectivity index (χ4v) is 2.31. The third kappa shape index (κ3) is 3.45. The van der Waals surface area contributed by atoms with Crippen LogP contribution in [0, 0.1) is 11.8 Å². The van der Waals surface area contributed by atoms with Gasteiger partial charge in [0.2, 0.25) is 11.8 Å². The number of hydrogen-bond acceptors (Lipinski definition) is 3. The number of carbonyl (C=O) groups is 2. The van der Waals surface area contributed by atoms with Gasteiger partial charge in [-0.1, -0.05) is 27.7 Å². The number of hydrogen-bond donors (Lipinski definition) is 2. The molecule has 0 saturated carbocycles. The zero-order chi connectivity index (χ0) is 13.9. The van der Waals surface area contributed by atoms with E-state index in [0.717, 1.165) is 0 Å². The lowest BCUT2D eigenvalue weighted by atomic mass is 9.95. The number of carbonyl (C=O) groups excluding carboxylic acids is 2. The zero-order valence-electron chi connectivity index (χ0n) is 11.6. The monoisotopic (exact) mass is 256 g/mol. The van der Waals surface area contributed by atoms with Crippen LogP contribution in [0.15, 0.2) is 0 Å². The number of nitrogens with one attached hydrogen (secondary N) is 1. The maximum absolute atomic E-state index is 12.2. The third-order valence-electron chi connectivity index (χ3n) is 3.13. The lowest BCUT2D eigenvalue weighted by Gasteiger charge is -2.38. The Morgan fingerprint density at radius 3 is 2.17 bits per heavy atom. The second kappa shape index (κ2) is 6.18. The van der Waals surface area contributed by atoms with Gasteiger partial charge in [0.05, 0.1) is 0 Å². The van der Waals surface area contributed by atoms with Crippen molar-refractivity contribution < 1.29 is 14.7 Å². The Morgan fingerprint density at radius 1 is 1.17 bits per heavy atom. The van der Waals surface area contributed by atoms with Crippen LogP contribution < -0.4 is 5.32 Å². The number of rotatable bonds is 5. The maximum atomic E-state index is 12.2. The first-order valence-electron chi connectivity index (χ1n) is 6.58. The van der Waals surface area contributed by atoms with Gasteiger partial charge in [0.25, 0.3) is 0 Å². The summed E-state index contributed by atoms with van der Waals surface area (Å²) in [5.41, 5.74) is 0. The molecule has 1 heterocycles. The number of nitrogens with zero attached hydrogens (tertiary/aromatic N) is 1. The summed E-state index contributed by atoms with van der Waals surface area (Å²) in [5.74, 6) is 0.296. The first-order valence-corrected chi connectivity index (χ1v) is 6.58. The van der Waals surface area contributed by atoms with Crippen LogP contribution in [0.2, 0.25) is 0 Å². The molecular formula is C13H24N2O3. The number of piperazine rings is 1. The highest BCUT2D eigenvalue weighted by molar-refractivity contribution is 5.96. The molecule has 1 rings (SSSR count). The van der Waals surface area contributed by atoms with Crippen molar-refractivity contribution in [3.63, 3.8) is 0 Å². The summed E-state index contributed by atoms with van der Waals surface area (Å²) in [4.78, 5) is 25.5. The van der Waals surface area contributed by atoms with Gasteiger partial charge in [-0.2, -0.15) is 0 Å². The lowest BCUT2D eigenvalue weighted by Crippen LogP contribution is -2.63. The molecule has 0 unspecified atom stereocenters. The summed E-state index contributed by atoms with van der Waals surface area (Å²) in [6, 6.07) is -1.03. The molecule has 0 spiro atoms. The van der Waals surface area contributed by atoms with Crippen molar-refractivity contribution >= 4 is 11.8 Å². The van der Waals surface area contributed by atoms with Crippen LogP contribution in [0.3, 0.4) is 0 Å².